The van der Waals surface area contributed by atoms with Crippen molar-refractivity contribution in [2.24, 2.45) is 0 Å². The number of carbonyl (C=O) groups is 1. The van der Waals surface area contributed by atoms with Crippen LogP contribution in [0, 0.1) is 0 Å². The average Bonchev–Trinajstić information content (AvgIpc) is 2.69. The monoisotopic (exact) mass is 380 g/mol. The summed E-state index contributed by atoms with van der Waals surface area (Å²) < 4.78 is 5.37. The lowest BCUT2D eigenvalue weighted by Gasteiger charge is -2.11. The Kier molecular flexibility index (Phi) is 6.34. The molecule has 0 bridgehead atoms. The molecular formula is C22H21ClN2O2. The number of anilines is 2. The third kappa shape index (κ3) is 5.25. The second kappa shape index (κ2) is 9.10. The number of para-hydroxylation sites is 1. The minimum Gasteiger partial charge on any atom is -0.496 e. The molecule has 0 aromatic heterocycles. The van der Waals surface area contributed by atoms with Gasteiger partial charge in [0.15, 0.2) is 0 Å². The molecule has 0 aliphatic rings. The molecule has 3 rings (SSSR count). The van der Waals surface area contributed by atoms with Gasteiger partial charge in [0, 0.05) is 28.5 Å². The van der Waals surface area contributed by atoms with Crippen molar-refractivity contribution in [1.29, 1.82) is 0 Å². The number of benzene rings is 3. The topological polar surface area (TPSA) is 50.4 Å². The number of ether oxygens (including phenoxy) is 1. The quantitative estimate of drug-likeness (QED) is 0.588. The standard InChI is InChI=1S/C22H21ClN2O2/c1-27-21-8-3-2-5-16(21)13-14-24-19-9-11-20(12-10-19)25-22(26)17-6-4-7-18(23)15-17/h2-12,15,24H,13-14H2,1H3,(H,25,26). The predicted octanol–water partition coefficient (Wildman–Crippen LogP) is 5.26. The zero-order chi connectivity index (χ0) is 19.1. The molecule has 138 valence electrons. The summed E-state index contributed by atoms with van der Waals surface area (Å²) in [5.41, 5.74) is 3.42. The highest BCUT2D eigenvalue weighted by Crippen LogP contribution is 2.19. The maximum absolute atomic E-state index is 12.2. The van der Waals surface area contributed by atoms with Crippen molar-refractivity contribution in [3.8, 4) is 5.75 Å². The number of hydrogen-bond acceptors (Lipinski definition) is 3. The van der Waals surface area contributed by atoms with Gasteiger partial charge in [0.25, 0.3) is 5.91 Å². The minimum atomic E-state index is -0.186. The first-order valence-electron chi connectivity index (χ1n) is 8.68. The highest BCUT2D eigenvalue weighted by molar-refractivity contribution is 6.31. The van der Waals surface area contributed by atoms with Gasteiger partial charge in [0.2, 0.25) is 0 Å². The van der Waals surface area contributed by atoms with Crippen molar-refractivity contribution >= 4 is 28.9 Å². The molecule has 0 heterocycles. The van der Waals surface area contributed by atoms with E-state index < -0.39 is 0 Å². The van der Waals surface area contributed by atoms with Crippen molar-refractivity contribution < 1.29 is 9.53 Å². The molecule has 0 radical (unpaired) electrons. The summed E-state index contributed by atoms with van der Waals surface area (Å²) >= 11 is 5.93. The molecule has 0 atom stereocenters. The van der Waals surface area contributed by atoms with Crippen LogP contribution in [0.1, 0.15) is 15.9 Å². The van der Waals surface area contributed by atoms with Crippen LogP contribution in [-0.4, -0.2) is 19.6 Å². The van der Waals surface area contributed by atoms with Gasteiger partial charge in [-0.2, -0.15) is 0 Å². The van der Waals surface area contributed by atoms with Gasteiger partial charge in [-0.25, -0.2) is 0 Å². The van der Waals surface area contributed by atoms with E-state index >= 15 is 0 Å². The average molecular weight is 381 g/mol. The van der Waals surface area contributed by atoms with E-state index in [0.717, 1.165) is 35.7 Å². The van der Waals surface area contributed by atoms with Gasteiger partial charge >= 0.3 is 0 Å². The Bertz CT molecular complexity index is 910. The molecule has 0 saturated heterocycles. The van der Waals surface area contributed by atoms with Gasteiger partial charge in [-0.05, 0) is 60.5 Å². The Labute approximate surface area is 164 Å². The third-order valence-electron chi connectivity index (χ3n) is 4.15. The number of amides is 1. The van der Waals surface area contributed by atoms with E-state index in [-0.39, 0.29) is 5.91 Å². The number of halogens is 1. The number of hydrogen-bond donors (Lipinski definition) is 2. The molecule has 27 heavy (non-hydrogen) atoms. The molecule has 4 nitrogen and oxygen atoms in total. The van der Waals surface area contributed by atoms with Crippen molar-refractivity contribution in [2.45, 2.75) is 6.42 Å². The first kappa shape index (κ1) is 18.8. The number of carbonyl (C=O) groups excluding carboxylic acids is 1. The Morgan fingerprint density at radius 2 is 1.70 bits per heavy atom. The van der Waals surface area contributed by atoms with Gasteiger partial charge in [-0.1, -0.05) is 35.9 Å². The summed E-state index contributed by atoms with van der Waals surface area (Å²) in [7, 11) is 1.68. The molecule has 0 unspecified atom stereocenters. The number of rotatable bonds is 7. The lowest BCUT2D eigenvalue weighted by molar-refractivity contribution is 0.102. The Hall–Kier alpha value is -2.98. The molecule has 3 aromatic rings. The maximum atomic E-state index is 12.2. The second-order valence-corrected chi connectivity index (χ2v) is 6.47. The van der Waals surface area contributed by atoms with Crippen molar-refractivity contribution in [1.82, 2.24) is 0 Å². The molecule has 5 heteroatoms. The fourth-order valence-corrected chi connectivity index (χ4v) is 2.95. The van der Waals surface area contributed by atoms with Gasteiger partial charge in [-0.15, -0.1) is 0 Å². The summed E-state index contributed by atoms with van der Waals surface area (Å²) in [6.07, 6.45) is 0.858. The van der Waals surface area contributed by atoms with E-state index in [4.69, 9.17) is 16.3 Å². The van der Waals surface area contributed by atoms with E-state index in [2.05, 4.69) is 16.7 Å². The molecule has 0 fully saturated rings. The van der Waals surface area contributed by atoms with Crippen LogP contribution in [0.25, 0.3) is 0 Å². The zero-order valence-corrected chi connectivity index (χ0v) is 15.8. The lowest BCUT2D eigenvalue weighted by Crippen LogP contribution is -2.11. The normalized spacial score (nSPS) is 10.3. The predicted molar refractivity (Wildman–Crippen MR) is 111 cm³/mol. The van der Waals surface area contributed by atoms with Crippen molar-refractivity contribution in [2.75, 3.05) is 24.3 Å². The highest BCUT2D eigenvalue weighted by Gasteiger charge is 2.06. The van der Waals surface area contributed by atoms with E-state index in [0.29, 0.717) is 10.6 Å². The van der Waals surface area contributed by atoms with E-state index in [9.17, 15) is 4.79 Å². The van der Waals surface area contributed by atoms with Gasteiger partial charge in [0.1, 0.15) is 5.75 Å². The molecular weight excluding hydrogens is 360 g/mol. The van der Waals surface area contributed by atoms with Gasteiger partial charge < -0.3 is 15.4 Å². The first-order valence-corrected chi connectivity index (χ1v) is 9.06. The SMILES string of the molecule is COc1ccccc1CCNc1ccc(NC(=O)c2cccc(Cl)c2)cc1. The summed E-state index contributed by atoms with van der Waals surface area (Å²) in [6, 6.07) is 22.5. The summed E-state index contributed by atoms with van der Waals surface area (Å²) in [5, 5.41) is 6.79. The third-order valence-corrected chi connectivity index (χ3v) is 4.38. The van der Waals surface area contributed by atoms with Crippen LogP contribution in [0.3, 0.4) is 0 Å². The molecule has 0 saturated carbocycles. The minimum absolute atomic E-state index is 0.186. The van der Waals surface area contributed by atoms with Crippen LogP contribution in [0.2, 0.25) is 5.02 Å². The molecule has 1 amide bonds. The van der Waals surface area contributed by atoms with Crippen LogP contribution in [-0.2, 0) is 6.42 Å². The number of nitrogens with one attached hydrogen (secondary N) is 2. The largest absolute Gasteiger partial charge is 0.496 e. The van der Waals surface area contributed by atoms with Crippen molar-refractivity contribution in [3.63, 3.8) is 0 Å². The summed E-state index contributed by atoms with van der Waals surface area (Å²) in [4.78, 5) is 12.2. The first-order chi connectivity index (χ1) is 13.2. The zero-order valence-electron chi connectivity index (χ0n) is 15.0. The van der Waals surface area contributed by atoms with Gasteiger partial charge in [-0.3, -0.25) is 4.79 Å². The van der Waals surface area contributed by atoms with Crippen LogP contribution >= 0.6 is 11.6 Å². The van der Waals surface area contributed by atoms with Gasteiger partial charge in [0.05, 0.1) is 7.11 Å². The molecule has 2 N–H and O–H groups in total. The highest BCUT2D eigenvalue weighted by atomic mass is 35.5. The summed E-state index contributed by atoms with van der Waals surface area (Å²) in [5.74, 6) is 0.716. The Balaban J connectivity index is 1.53. The Morgan fingerprint density at radius 1 is 0.963 bits per heavy atom. The lowest BCUT2D eigenvalue weighted by atomic mass is 10.1. The smallest absolute Gasteiger partial charge is 0.255 e. The number of methoxy groups -OCH3 is 1. The van der Waals surface area contributed by atoms with Crippen LogP contribution in [0.15, 0.2) is 72.8 Å². The van der Waals surface area contributed by atoms with Crippen LogP contribution in [0.5, 0.6) is 5.75 Å². The second-order valence-electron chi connectivity index (χ2n) is 6.03. The fourth-order valence-electron chi connectivity index (χ4n) is 2.76. The molecule has 0 aliphatic heterocycles. The maximum Gasteiger partial charge on any atom is 0.255 e. The fraction of sp³-hybridized carbons (Fsp3) is 0.136. The molecule has 3 aromatic carbocycles. The molecule has 0 spiro atoms. The van der Waals surface area contributed by atoms with Crippen LogP contribution in [0.4, 0.5) is 11.4 Å². The Morgan fingerprint density at radius 3 is 2.44 bits per heavy atom. The van der Waals surface area contributed by atoms with E-state index in [1.54, 1.807) is 31.4 Å². The van der Waals surface area contributed by atoms with E-state index in [1.165, 1.54) is 0 Å². The van der Waals surface area contributed by atoms with E-state index in [1.807, 2.05) is 42.5 Å². The summed E-state index contributed by atoms with van der Waals surface area (Å²) in [6.45, 7) is 0.786. The van der Waals surface area contributed by atoms with Crippen molar-refractivity contribution in [3.05, 3.63) is 88.9 Å². The molecule has 0 aliphatic carbocycles. The van der Waals surface area contributed by atoms with Crippen LogP contribution < -0.4 is 15.4 Å².